The molecule has 0 fully saturated rings. The van der Waals surface area contributed by atoms with E-state index in [2.05, 4.69) is 33.0 Å². The molecule has 0 saturated carbocycles. The molecule has 0 unspecified atom stereocenters. The predicted molar refractivity (Wildman–Crippen MR) is 65.3 cm³/mol. The molecule has 0 amide bonds. The van der Waals surface area contributed by atoms with Gasteiger partial charge in [0, 0.05) is 5.54 Å². The molecule has 84 valence electrons. The van der Waals surface area contributed by atoms with Gasteiger partial charge in [-0.05, 0) is 33.2 Å². The summed E-state index contributed by atoms with van der Waals surface area (Å²) in [5.74, 6) is 0.785. The van der Waals surface area contributed by atoms with Crippen LogP contribution in [0.4, 0.5) is 0 Å². The summed E-state index contributed by atoms with van der Waals surface area (Å²) < 4.78 is 0. The molecule has 13 heavy (non-hydrogen) atoms. The molecule has 1 heteroatoms. The molecule has 0 aromatic carbocycles. The lowest BCUT2D eigenvalue weighted by atomic mass is 9.93. The largest absolute Gasteiger partial charge is 0.315 e. The minimum absolute atomic E-state index is 0.314. The van der Waals surface area contributed by atoms with Gasteiger partial charge in [-0.3, -0.25) is 0 Å². The second kappa shape index (κ2) is 12.0. The molecule has 0 aliphatic rings. The van der Waals surface area contributed by atoms with E-state index in [0.29, 0.717) is 5.54 Å². The van der Waals surface area contributed by atoms with Crippen LogP contribution in [0, 0.1) is 5.92 Å². The number of nitrogens with one attached hydrogen (secondary N) is 1. The molecule has 1 N–H and O–H groups in total. The third-order valence-corrected chi connectivity index (χ3v) is 1.60. The maximum Gasteiger partial charge on any atom is 0.0124 e. The first-order chi connectivity index (χ1) is 5.98. The minimum Gasteiger partial charge on any atom is -0.315 e. The smallest absolute Gasteiger partial charge is 0.0124 e. The van der Waals surface area contributed by atoms with E-state index in [-0.39, 0.29) is 0 Å². The van der Waals surface area contributed by atoms with Crippen LogP contribution in [0.15, 0.2) is 0 Å². The van der Waals surface area contributed by atoms with Crippen molar-refractivity contribution in [2.45, 2.75) is 67.3 Å². The van der Waals surface area contributed by atoms with Crippen LogP contribution in [0.5, 0.6) is 0 Å². The van der Waals surface area contributed by atoms with E-state index in [9.17, 15) is 0 Å². The number of hydrogen-bond donors (Lipinski definition) is 1. The minimum atomic E-state index is 0.314. The van der Waals surface area contributed by atoms with Gasteiger partial charge in [0.15, 0.2) is 0 Å². The topological polar surface area (TPSA) is 12.0 Å². The zero-order valence-electron chi connectivity index (χ0n) is 11.3. The van der Waals surface area contributed by atoms with Crippen LogP contribution < -0.4 is 5.32 Å². The van der Waals surface area contributed by atoms with Crippen LogP contribution in [0.3, 0.4) is 0 Å². The van der Waals surface area contributed by atoms with E-state index in [4.69, 9.17) is 0 Å². The first kappa shape index (κ1) is 18.7. The van der Waals surface area contributed by atoms with Crippen molar-refractivity contribution < 1.29 is 0 Å². The summed E-state index contributed by atoms with van der Waals surface area (Å²) in [4.78, 5) is 0. The second-order valence-corrected chi connectivity index (χ2v) is 3.73. The van der Waals surface area contributed by atoms with Crippen molar-refractivity contribution in [2.75, 3.05) is 7.05 Å². The van der Waals surface area contributed by atoms with E-state index in [1.165, 1.54) is 6.42 Å². The van der Waals surface area contributed by atoms with Gasteiger partial charge in [-0.1, -0.05) is 41.5 Å². The quantitative estimate of drug-likeness (QED) is 0.705. The van der Waals surface area contributed by atoms with Gasteiger partial charge in [0.05, 0.1) is 0 Å². The lowest BCUT2D eigenvalue weighted by molar-refractivity contribution is 0.340. The molecule has 0 aliphatic carbocycles. The third-order valence-electron chi connectivity index (χ3n) is 1.60. The van der Waals surface area contributed by atoms with Crippen molar-refractivity contribution in [3.8, 4) is 0 Å². The van der Waals surface area contributed by atoms with E-state index in [1.54, 1.807) is 0 Å². The van der Waals surface area contributed by atoms with Gasteiger partial charge in [0.25, 0.3) is 0 Å². The standard InChI is InChI=1S/C8H19N.2C2H6/c1-7(2)6-8(3,4)9-5;2*1-2/h7,9H,6H2,1-5H3;2*1-2H3. The molecule has 0 spiro atoms. The molecule has 0 atom stereocenters. The summed E-state index contributed by atoms with van der Waals surface area (Å²) in [5.41, 5.74) is 0.314. The normalized spacial score (nSPS) is 9.69. The highest BCUT2D eigenvalue weighted by molar-refractivity contribution is 4.75. The Morgan fingerprint density at radius 2 is 1.31 bits per heavy atom. The Labute approximate surface area is 86.3 Å². The Morgan fingerprint density at radius 1 is 1.00 bits per heavy atom. The van der Waals surface area contributed by atoms with Crippen LogP contribution in [-0.4, -0.2) is 12.6 Å². The molecular weight excluding hydrogens is 158 g/mol. The number of hydrogen-bond acceptors (Lipinski definition) is 1. The fourth-order valence-electron chi connectivity index (χ4n) is 1.12. The second-order valence-electron chi connectivity index (χ2n) is 3.73. The highest BCUT2D eigenvalue weighted by Gasteiger charge is 2.15. The van der Waals surface area contributed by atoms with Crippen molar-refractivity contribution in [1.29, 1.82) is 0 Å². The molecule has 0 heterocycles. The van der Waals surface area contributed by atoms with E-state index in [0.717, 1.165) is 5.92 Å². The summed E-state index contributed by atoms with van der Waals surface area (Å²) in [6, 6.07) is 0. The van der Waals surface area contributed by atoms with E-state index in [1.807, 2.05) is 34.7 Å². The Morgan fingerprint density at radius 3 is 1.38 bits per heavy atom. The predicted octanol–water partition coefficient (Wildman–Crippen LogP) is 4.08. The molecule has 0 rings (SSSR count). The maximum absolute atomic E-state index is 3.27. The zero-order valence-corrected chi connectivity index (χ0v) is 11.3. The lowest BCUT2D eigenvalue weighted by Crippen LogP contribution is -2.37. The molecular formula is C12H31N. The number of rotatable bonds is 3. The maximum atomic E-state index is 3.27. The Kier molecular flexibility index (Phi) is 17.2. The van der Waals surface area contributed by atoms with Crippen molar-refractivity contribution in [3.05, 3.63) is 0 Å². The summed E-state index contributed by atoms with van der Waals surface area (Å²) in [6.07, 6.45) is 1.24. The fourth-order valence-corrected chi connectivity index (χ4v) is 1.12. The molecule has 0 aromatic heterocycles. The first-order valence-corrected chi connectivity index (χ1v) is 5.67. The Balaban J connectivity index is -0.000000218. The van der Waals surface area contributed by atoms with Gasteiger partial charge in [-0.15, -0.1) is 0 Å². The summed E-state index contributed by atoms with van der Waals surface area (Å²) >= 11 is 0. The molecule has 0 aliphatic heterocycles. The van der Waals surface area contributed by atoms with Crippen LogP contribution in [0.2, 0.25) is 0 Å². The highest BCUT2D eigenvalue weighted by Crippen LogP contribution is 2.13. The van der Waals surface area contributed by atoms with Gasteiger partial charge in [-0.25, -0.2) is 0 Å². The zero-order chi connectivity index (χ0) is 11.5. The van der Waals surface area contributed by atoms with Gasteiger partial charge in [0.2, 0.25) is 0 Å². The summed E-state index contributed by atoms with van der Waals surface area (Å²) in [7, 11) is 2.02. The molecule has 0 aromatic rings. The SMILES string of the molecule is CC.CC.CNC(C)(C)CC(C)C. The van der Waals surface area contributed by atoms with Gasteiger partial charge < -0.3 is 5.32 Å². The summed E-state index contributed by atoms with van der Waals surface area (Å²) in [6.45, 7) is 17.0. The van der Waals surface area contributed by atoms with Crippen molar-refractivity contribution >= 4 is 0 Å². The van der Waals surface area contributed by atoms with Crippen molar-refractivity contribution in [3.63, 3.8) is 0 Å². The van der Waals surface area contributed by atoms with E-state index >= 15 is 0 Å². The highest BCUT2D eigenvalue weighted by atomic mass is 14.9. The average molecular weight is 189 g/mol. The Bertz CT molecular complexity index is 75.2. The molecule has 0 radical (unpaired) electrons. The molecule has 1 nitrogen and oxygen atoms in total. The monoisotopic (exact) mass is 189 g/mol. The fraction of sp³-hybridized carbons (Fsp3) is 1.00. The van der Waals surface area contributed by atoms with Gasteiger partial charge in [-0.2, -0.15) is 0 Å². The lowest BCUT2D eigenvalue weighted by Gasteiger charge is -2.25. The van der Waals surface area contributed by atoms with Crippen LogP contribution in [0.25, 0.3) is 0 Å². The van der Waals surface area contributed by atoms with Crippen molar-refractivity contribution in [2.24, 2.45) is 5.92 Å². The first-order valence-electron chi connectivity index (χ1n) is 5.67. The van der Waals surface area contributed by atoms with Crippen LogP contribution in [0.1, 0.15) is 61.8 Å². The molecule has 0 bridgehead atoms. The van der Waals surface area contributed by atoms with Crippen molar-refractivity contribution in [1.82, 2.24) is 5.32 Å². The average Bonchev–Trinajstić information content (AvgIpc) is 2.10. The van der Waals surface area contributed by atoms with E-state index < -0.39 is 0 Å². The van der Waals surface area contributed by atoms with Gasteiger partial charge >= 0.3 is 0 Å². The molecule has 0 saturated heterocycles. The van der Waals surface area contributed by atoms with Crippen LogP contribution in [-0.2, 0) is 0 Å². The summed E-state index contributed by atoms with van der Waals surface area (Å²) in [5, 5.41) is 3.27. The van der Waals surface area contributed by atoms with Crippen LogP contribution >= 0.6 is 0 Å². The third kappa shape index (κ3) is 18.7. The van der Waals surface area contributed by atoms with Gasteiger partial charge in [0.1, 0.15) is 0 Å². The Hall–Kier alpha value is -0.0400.